The van der Waals surface area contributed by atoms with Gasteiger partial charge in [0.05, 0.1) is 24.0 Å². The number of carbonyl (C=O) groups excluding carboxylic acids is 3. The number of rotatable bonds is 10. The quantitative estimate of drug-likeness (QED) is 0.563. The number of halogens is 1. The van der Waals surface area contributed by atoms with Gasteiger partial charge in [-0.3, -0.25) is 14.4 Å². The van der Waals surface area contributed by atoms with Gasteiger partial charge in [0.25, 0.3) is 0 Å². The molecule has 0 aliphatic heterocycles. The maximum absolute atomic E-state index is 13.1. The van der Waals surface area contributed by atoms with E-state index >= 15 is 0 Å². The molecule has 6 nitrogen and oxygen atoms in total. The lowest BCUT2D eigenvalue weighted by Gasteiger charge is -2.27. The third-order valence-corrected chi connectivity index (χ3v) is 5.70. The van der Waals surface area contributed by atoms with Crippen LogP contribution in [0.1, 0.15) is 19.4 Å². The van der Waals surface area contributed by atoms with E-state index in [4.69, 9.17) is 4.74 Å². The van der Waals surface area contributed by atoms with Gasteiger partial charge in [-0.2, -0.15) is 0 Å². The van der Waals surface area contributed by atoms with E-state index in [0.717, 1.165) is 5.56 Å². The van der Waals surface area contributed by atoms with Gasteiger partial charge in [-0.05, 0) is 36.8 Å². The average Bonchev–Trinajstić information content (AvgIpc) is 2.78. The molecule has 2 amide bonds. The third-order valence-electron chi connectivity index (χ3n) is 4.57. The maximum atomic E-state index is 13.1. The van der Waals surface area contributed by atoms with Gasteiger partial charge in [-0.15, -0.1) is 11.8 Å². The molecule has 0 saturated heterocycles. The Labute approximate surface area is 186 Å². The lowest BCUT2D eigenvalue weighted by molar-refractivity contribution is -0.146. The van der Waals surface area contributed by atoms with E-state index in [2.05, 4.69) is 5.32 Å². The minimum Gasteiger partial charge on any atom is -0.469 e. The summed E-state index contributed by atoms with van der Waals surface area (Å²) < 4.78 is 17.8. The highest BCUT2D eigenvalue weighted by atomic mass is 32.2. The van der Waals surface area contributed by atoms with E-state index in [1.54, 1.807) is 18.7 Å². The van der Waals surface area contributed by atoms with Gasteiger partial charge in [0.15, 0.2) is 0 Å². The molecule has 0 spiro atoms. The predicted octanol–water partition coefficient (Wildman–Crippen LogP) is 3.72. The van der Waals surface area contributed by atoms with Crippen LogP contribution in [0.5, 0.6) is 0 Å². The van der Waals surface area contributed by atoms with Gasteiger partial charge in [-0.1, -0.05) is 37.3 Å². The fourth-order valence-corrected chi connectivity index (χ4v) is 3.67. The molecule has 2 rings (SSSR count). The third kappa shape index (κ3) is 8.05. The predicted molar refractivity (Wildman–Crippen MR) is 120 cm³/mol. The molecule has 0 heterocycles. The van der Waals surface area contributed by atoms with Crippen molar-refractivity contribution in [2.24, 2.45) is 5.92 Å². The monoisotopic (exact) mass is 446 g/mol. The van der Waals surface area contributed by atoms with Crippen LogP contribution >= 0.6 is 11.8 Å². The number of ether oxygens (including phenoxy) is 1. The van der Waals surface area contributed by atoms with Crippen molar-refractivity contribution < 1.29 is 23.5 Å². The summed E-state index contributed by atoms with van der Waals surface area (Å²) >= 11 is 1.20. The number of benzene rings is 2. The van der Waals surface area contributed by atoms with Crippen molar-refractivity contribution in [3.63, 3.8) is 0 Å². The van der Waals surface area contributed by atoms with Gasteiger partial charge in [0.2, 0.25) is 11.8 Å². The molecule has 31 heavy (non-hydrogen) atoms. The second-order valence-electron chi connectivity index (χ2n) is 7.14. The highest BCUT2D eigenvalue weighted by Crippen LogP contribution is 2.18. The van der Waals surface area contributed by atoms with Crippen LogP contribution in [-0.2, 0) is 25.7 Å². The molecule has 1 N–H and O–H groups in total. The van der Waals surface area contributed by atoms with Gasteiger partial charge in [0.1, 0.15) is 5.82 Å². The van der Waals surface area contributed by atoms with Crippen LogP contribution in [-0.4, -0.2) is 47.3 Å². The number of amides is 2. The number of esters is 1. The Bertz CT molecular complexity index is 877. The number of nitrogens with zero attached hydrogens (tertiary/aromatic N) is 1. The zero-order chi connectivity index (χ0) is 22.8. The van der Waals surface area contributed by atoms with Crippen LogP contribution in [0.3, 0.4) is 0 Å². The van der Waals surface area contributed by atoms with E-state index in [9.17, 15) is 18.8 Å². The molecule has 166 valence electrons. The number of hydrogen-bond acceptors (Lipinski definition) is 5. The number of hydrogen-bond donors (Lipinski definition) is 1. The molecule has 0 bridgehead atoms. The minimum absolute atomic E-state index is 0.0655. The molecule has 2 aromatic rings. The molecular weight excluding hydrogens is 419 g/mol. The number of thioether (sulfide) groups is 1. The topological polar surface area (TPSA) is 75.7 Å². The lowest BCUT2D eigenvalue weighted by atomic mass is 10.1. The van der Waals surface area contributed by atoms with Crippen molar-refractivity contribution in [2.75, 3.05) is 24.7 Å². The molecule has 0 saturated carbocycles. The largest absolute Gasteiger partial charge is 0.469 e. The van der Waals surface area contributed by atoms with Crippen molar-refractivity contribution in [1.29, 1.82) is 0 Å². The van der Waals surface area contributed by atoms with Crippen molar-refractivity contribution in [3.05, 3.63) is 66.0 Å². The normalized spacial score (nSPS) is 12.5. The van der Waals surface area contributed by atoms with Crippen molar-refractivity contribution >= 4 is 35.2 Å². The summed E-state index contributed by atoms with van der Waals surface area (Å²) in [7, 11) is 1.32. The first-order valence-corrected chi connectivity index (χ1v) is 10.9. The number of anilines is 1. The summed E-state index contributed by atoms with van der Waals surface area (Å²) in [5.74, 6) is -1.63. The van der Waals surface area contributed by atoms with Crippen LogP contribution in [0, 0.1) is 11.7 Å². The fraction of sp³-hybridized carbons (Fsp3) is 0.348. The molecule has 0 fully saturated rings. The van der Waals surface area contributed by atoms with E-state index < -0.39 is 11.2 Å². The lowest BCUT2D eigenvalue weighted by Crippen LogP contribution is -2.41. The van der Waals surface area contributed by atoms with Crippen LogP contribution in [0.4, 0.5) is 10.1 Å². The summed E-state index contributed by atoms with van der Waals surface area (Å²) in [5.41, 5.74) is 1.43. The highest BCUT2D eigenvalue weighted by molar-refractivity contribution is 8.01. The zero-order valence-electron chi connectivity index (χ0n) is 17.8. The van der Waals surface area contributed by atoms with Gasteiger partial charge < -0.3 is 15.0 Å². The van der Waals surface area contributed by atoms with E-state index in [1.165, 1.54) is 43.1 Å². The average molecular weight is 447 g/mol. The summed E-state index contributed by atoms with van der Waals surface area (Å²) in [6.45, 7) is 4.02. The van der Waals surface area contributed by atoms with Crippen LogP contribution in [0.2, 0.25) is 0 Å². The summed E-state index contributed by atoms with van der Waals surface area (Å²) in [5, 5.41) is 2.18. The summed E-state index contributed by atoms with van der Waals surface area (Å²) in [4.78, 5) is 38.7. The SMILES string of the molecule is COC(=O)C(C)CN(Cc1ccccc1)C(=O)C(C)SCC(=O)Nc1ccc(F)cc1. The molecule has 0 aliphatic carbocycles. The Hall–Kier alpha value is -2.87. The Kier molecular flexibility index (Phi) is 9.52. The molecule has 2 aromatic carbocycles. The molecule has 0 radical (unpaired) electrons. The first-order chi connectivity index (χ1) is 14.8. The molecule has 2 atom stereocenters. The highest BCUT2D eigenvalue weighted by Gasteiger charge is 2.26. The molecule has 0 aromatic heterocycles. The molecule has 8 heteroatoms. The maximum Gasteiger partial charge on any atom is 0.310 e. The van der Waals surface area contributed by atoms with Crippen molar-refractivity contribution in [2.45, 2.75) is 25.6 Å². The molecular formula is C23H27FN2O4S. The first kappa shape index (κ1) is 24.4. The Morgan fingerprint density at radius 2 is 1.71 bits per heavy atom. The van der Waals surface area contributed by atoms with Gasteiger partial charge in [-0.25, -0.2) is 4.39 Å². The Morgan fingerprint density at radius 1 is 1.06 bits per heavy atom. The van der Waals surface area contributed by atoms with Crippen molar-refractivity contribution in [1.82, 2.24) is 4.90 Å². The molecule has 0 aliphatic rings. The number of nitrogens with one attached hydrogen (secondary N) is 1. The standard InChI is InChI=1S/C23H27FN2O4S/c1-16(23(29)30-3)13-26(14-18-7-5-4-6-8-18)22(28)17(2)31-15-21(27)25-20-11-9-19(24)10-12-20/h4-12,16-17H,13-15H2,1-3H3,(H,25,27). The van der Waals surface area contributed by atoms with E-state index in [-0.39, 0.29) is 35.9 Å². The summed E-state index contributed by atoms with van der Waals surface area (Å²) in [6, 6.07) is 15.0. The zero-order valence-corrected chi connectivity index (χ0v) is 18.7. The molecule has 2 unspecified atom stereocenters. The van der Waals surface area contributed by atoms with Crippen LogP contribution < -0.4 is 5.32 Å². The van der Waals surface area contributed by atoms with Gasteiger partial charge >= 0.3 is 5.97 Å². The first-order valence-electron chi connectivity index (χ1n) is 9.87. The second kappa shape index (κ2) is 12.1. The van der Waals surface area contributed by atoms with Crippen LogP contribution in [0.15, 0.2) is 54.6 Å². The summed E-state index contributed by atoms with van der Waals surface area (Å²) in [6.07, 6.45) is 0. The Morgan fingerprint density at radius 3 is 2.32 bits per heavy atom. The Balaban J connectivity index is 1.97. The fourth-order valence-electron chi connectivity index (χ4n) is 2.90. The van der Waals surface area contributed by atoms with Crippen LogP contribution in [0.25, 0.3) is 0 Å². The van der Waals surface area contributed by atoms with Gasteiger partial charge in [0, 0.05) is 18.8 Å². The van der Waals surface area contributed by atoms with E-state index in [1.807, 2.05) is 30.3 Å². The number of methoxy groups -OCH3 is 1. The van der Waals surface area contributed by atoms with Crippen molar-refractivity contribution in [3.8, 4) is 0 Å². The minimum atomic E-state index is -0.493. The second-order valence-corrected chi connectivity index (χ2v) is 8.47. The smallest absolute Gasteiger partial charge is 0.310 e. The van der Waals surface area contributed by atoms with E-state index in [0.29, 0.717) is 12.2 Å². The number of carbonyl (C=O) groups is 3.